The maximum Gasteiger partial charge on any atom is 0.282 e. The zero-order chi connectivity index (χ0) is 23.4. The Balaban J connectivity index is 1.92. The van der Waals surface area contributed by atoms with Gasteiger partial charge in [-0.25, -0.2) is 14.5 Å². The Morgan fingerprint density at radius 3 is 2.70 bits per heavy atom. The van der Waals surface area contributed by atoms with Crippen LogP contribution in [0, 0.1) is 11.3 Å². The van der Waals surface area contributed by atoms with Gasteiger partial charge in [-0.15, -0.1) is 0 Å². The summed E-state index contributed by atoms with van der Waals surface area (Å²) in [5, 5.41) is 14.4. The summed E-state index contributed by atoms with van der Waals surface area (Å²) in [6.45, 7) is 3.13. The van der Waals surface area contributed by atoms with Gasteiger partial charge in [-0.3, -0.25) is 9.36 Å². The van der Waals surface area contributed by atoms with Gasteiger partial charge in [-0.2, -0.15) is 10.4 Å². The minimum Gasteiger partial charge on any atom is -0.382 e. The van der Waals surface area contributed by atoms with E-state index in [1.165, 1.54) is 6.33 Å². The van der Waals surface area contributed by atoms with E-state index in [0.717, 1.165) is 12.0 Å². The molecule has 0 fully saturated rings. The largest absolute Gasteiger partial charge is 0.382 e. The van der Waals surface area contributed by atoms with Crippen LogP contribution >= 0.6 is 0 Å². The second kappa shape index (κ2) is 9.50. The number of nitrogen functional groups attached to an aromatic ring is 1. The van der Waals surface area contributed by atoms with E-state index in [1.807, 2.05) is 48.2 Å². The second-order valence-corrected chi connectivity index (χ2v) is 7.45. The Morgan fingerprint density at radius 2 is 2.00 bits per heavy atom. The Labute approximate surface area is 190 Å². The normalized spacial score (nSPS) is 10.9. The van der Waals surface area contributed by atoms with Gasteiger partial charge in [0.15, 0.2) is 11.6 Å². The van der Waals surface area contributed by atoms with E-state index in [1.54, 1.807) is 22.4 Å². The summed E-state index contributed by atoms with van der Waals surface area (Å²) in [6, 6.07) is 13.3. The lowest BCUT2D eigenvalue weighted by Crippen LogP contribution is -2.33. The van der Waals surface area contributed by atoms with E-state index >= 15 is 0 Å². The van der Waals surface area contributed by atoms with E-state index in [9.17, 15) is 10.1 Å². The SMILES string of the molecule is CCCN(Cc1nn2ccc(COC)c2c(=O)n1-c1ccccc1)c1ncnc(N)c1C#N. The summed E-state index contributed by atoms with van der Waals surface area (Å²) >= 11 is 0. The van der Waals surface area contributed by atoms with E-state index in [2.05, 4.69) is 16.0 Å². The third-order valence-electron chi connectivity index (χ3n) is 5.25. The molecule has 0 saturated carbocycles. The molecule has 0 aliphatic rings. The highest BCUT2D eigenvalue weighted by Gasteiger charge is 2.21. The van der Waals surface area contributed by atoms with Crippen molar-refractivity contribution in [2.24, 2.45) is 0 Å². The molecule has 0 aliphatic carbocycles. The molecule has 3 heterocycles. The quantitative estimate of drug-likeness (QED) is 0.438. The van der Waals surface area contributed by atoms with Gasteiger partial charge in [0.1, 0.15) is 29.3 Å². The van der Waals surface area contributed by atoms with Crippen molar-refractivity contribution in [1.29, 1.82) is 5.26 Å². The third-order valence-corrected chi connectivity index (χ3v) is 5.25. The first-order valence-corrected chi connectivity index (χ1v) is 10.5. The fourth-order valence-electron chi connectivity index (χ4n) is 3.83. The number of fused-ring (bicyclic) bond motifs is 1. The molecule has 3 aromatic heterocycles. The predicted octanol–water partition coefficient (Wildman–Crippen LogP) is 2.29. The van der Waals surface area contributed by atoms with Crippen molar-refractivity contribution in [1.82, 2.24) is 24.1 Å². The topological polar surface area (TPSA) is 127 Å². The van der Waals surface area contributed by atoms with Gasteiger partial charge in [0, 0.05) is 25.4 Å². The van der Waals surface area contributed by atoms with Gasteiger partial charge >= 0.3 is 0 Å². The fourth-order valence-corrected chi connectivity index (χ4v) is 3.83. The zero-order valence-corrected chi connectivity index (χ0v) is 18.5. The highest BCUT2D eigenvalue weighted by Crippen LogP contribution is 2.23. The average Bonchev–Trinajstić information content (AvgIpc) is 3.22. The minimum atomic E-state index is -0.206. The van der Waals surface area contributed by atoms with Crippen molar-refractivity contribution in [2.45, 2.75) is 26.5 Å². The van der Waals surface area contributed by atoms with E-state index < -0.39 is 0 Å². The van der Waals surface area contributed by atoms with Crippen LogP contribution in [0.3, 0.4) is 0 Å². The number of rotatable bonds is 8. The number of aromatic nitrogens is 5. The number of nitrogens with two attached hydrogens (primary N) is 1. The highest BCUT2D eigenvalue weighted by atomic mass is 16.5. The molecule has 4 aromatic rings. The number of methoxy groups -OCH3 is 1. The summed E-state index contributed by atoms with van der Waals surface area (Å²) in [5.74, 6) is 1.02. The van der Waals surface area contributed by atoms with E-state index in [0.29, 0.717) is 36.0 Å². The third kappa shape index (κ3) is 4.14. The smallest absolute Gasteiger partial charge is 0.282 e. The van der Waals surface area contributed by atoms with Crippen LogP contribution in [0.5, 0.6) is 0 Å². The number of nitriles is 1. The monoisotopic (exact) mass is 444 g/mol. The summed E-state index contributed by atoms with van der Waals surface area (Å²) < 4.78 is 8.43. The predicted molar refractivity (Wildman–Crippen MR) is 124 cm³/mol. The summed E-state index contributed by atoms with van der Waals surface area (Å²) in [5.41, 5.74) is 7.82. The van der Waals surface area contributed by atoms with Gasteiger partial charge < -0.3 is 15.4 Å². The van der Waals surface area contributed by atoms with Crippen molar-refractivity contribution >= 4 is 17.2 Å². The second-order valence-electron chi connectivity index (χ2n) is 7.45. The van der Waals surface area contributed by atoms with Crippen LogP contribution in [0.2, 0.25) is 0 Å². The van der Waals surface area contributed by atoms with Crippen molar-refractivity contribution in [3.05, 3.63) is 76.2 Å². The van der Waals surface area contributed by atoms with Crippen LogP contribution in [0.1, 0.15) is 30.3 Å². The number of benzene rings is 1. The maximum atomic E-state index is 13.7. The first kappa shape index (κ1) is 22.0. The molecule has 0 spiro atoms. The molecule has 2 N–H and O–H groups in total. The minimum absolute atomic E-state index is 0.113. The molecule has 0 atom stereocenters. The Hall–Kier alpha value is -4.23. The molecule has 0 unspecified atom stereocenters. The summed E-state index contributed by atoms with van der Waals surface area (Å²) in [6.07, 6.45) is 3.86. The van der Waals surface area contributed by atoms with Crippen LogP contribution in [0.15, 0.2) is 53.7 Å². The van der Waals surface area contributed by atoms with Crippen molar-refractivity contribution in [3.63, 3.8) is 0 Å². The van der Waals surface area contributed by atoms with Gasteiger partial charge in [0.2, 0.25) is 0 Å². The Morgan fingerprint density at radius 1 is 1.21 bits per heavy atom. The molecule has 0 radical (unpaired) electrons. The molecule has 1 aromatic carbocycles. The Kier molecular flexibility index (Phi) is 6.33. The first-order valence-electron chi connectivity index (χ1n) is 10.5. The van der Waals surface area contributed by atoms with E-state index in [4.69, 9.17) is 15.6 Å². The maximum absolute atomic E-state index is 13.7. The van der Waals surface area contributed by atoms with Crippen LogP contribution < -0.4 is 16.2 Å². The molecule has 33 heavy (non-hydrogen) atoms. The van der Waals surface area contributed by atoms with Crippen molar-refractivity contribution in [3.8, 4) is 11.8 Å². The number of anilines is 2. The van der Waals surface area contributed by atoms with Crippen LogP contribution in [0.25, 0.3) is 11.2 Å². The molecule has 0 amide bonds. The number of ether oxygens (including phenoxy) is 1. The first-order chi connectivity index (χ1) is 16.1. The van der Waals surface area contributed by atoms with Crippen molar-refractivity contribution < 1.29 is 4.74 Å². The zero-order valence-electron chi connectivity index (χ0n) is 18.5. The number of hydrogen-bond acceptors (Lipinski definition) is 8. The molecule has 4 rings (SSSR count). The van der Waals surface area contributed by atoms with Gasteiger partial charge in [0.25, 0.3) is 5.56 Å². The lowest BCUT2D eigenvalue weighted by Gasteiger charge is -2.25. The summed E-state index contributed by atoms with van der Waals surface area (Å²) in [7, 11) is 1.59. The van der Waals surface area contributed by atoms with Gasteiger partial charge in [-0.1, -0.05) is 25.1 Å². The van der Waals surface area contributed by atoms with Gasteiger partial charge in [-0.05, 0) is 24.6 Å². The Bertz CT molecular complexity index is 1370. The number of para-hydroxylation sites is 1. The molecule has 10 nitrogen and oxygen atoms in total. The number of hydrogen-bond donors (Lipinski definition) is 1. The molecule has 168 valence electrons. The molecule has 10 heteroatoms. The lowest BCUT2D eigenvalue weighted by molar-refractivity contribution is 0.186. The number of nitrogens with zero attached hydrogens (tertiary/aromatic N) is 7. The van der Waals surface area contributed by atoms with Crippen LogP contribution in [0.4, 0.5) is 11.6 Å². The van der Waals surface area contributed by atoms with Gasteiger partial charge in [0.05, 0.1) is 18.8 Å². The van der Waals surface area contributed by atoms with Crippen LogP contribution in [-0.4, -0.2) is 37.8 Å². The molecule has 0 bridgehead atoms. The highest BCUT2D eigenvalue weighted by molar-refractivity contribution is 5.63. The molecular weight excluding hydrogens is 420 g/mol. The molecule has 0 saturated heterocycles. The van der Waals surface area contributed by atoms with E-state index in [-0.39, 0.29) is 23.5 Å². The average molecular weight is 444 g/mol. The standard InChI is InChI=1S/C23H24N8O2/c1-3-10-29(22-18(12-24)21(25)26-15-27-22)13-19-28-30-11-9-16(14-33-2)20(30)23(32)31(19)17-7-5-4-6-8-17/h4-9,11,15H,3,10,13-14H2,1-2H3,(H2,25,26,27). The fraction of sp³-hybridized carbons (Fsp3) is 0.261. The van der Waals surface area contributed by atoms with Crippen molar-refractivity contribution in [2.75, 3.05) is 24.3 Å². The lowest BCUT2D eigenvalue weighted by atomic mass is 10.2. The molecular formula is C23H24N8O2. The summed E-state index contributed by atoms with van der Waals surface area (Å²) in [4.78, 5) is 23.8. The van der Waals surface area contributed by atoms with Crippen LogP contribution in [-0.2, 0) is 17.9 Å². The molecule has 0 aliphatic heterocycles.